The zero-order chi connectivity index (χ0) is 22.0. The lowest BCUT2D eigenvalue weighted by Gasteiger charge is -2.26. The van der Waals surface area contributed by atoms with Crippen molar-refractivity contribution in [2.24, 2.45) is 0 Å². The Balaban J connectivity index is 1.51. The minimum absolute atomic E-state index is 0.218. The van der Waals surface area contributed by atoms with Crippen LogP contribution in [-0.2, 0) is 32.5 Å². The van der Waals surface area contributed by atoms with E-state index in [2.05, 4.69) is 5.32 Å². The maximum atomic E-state index is 13.0. The SMILES string of the molecule is CC(=O)N1c2ccc(S(=O)(=O)N3CCCCC3)cc2C[C@@H]1C(=O)NCCc1ccco1. The average molecular weight is 446 g/mol. The number of carbonyl (C=O) groups excluding carboxylic acids is 2. The molecule has 1 atom stereocenters. The van der Waals surface area contributed by atoms with Crippen molar-refractivity contribution in [3.8, 4) is 0 Å². The molecule has 3 heterocycles. The van der Waals surface area contributed by atoms with Gasteiger partial charge in [-0.05, 0) is 48.7 Å². The first kappa shape index (κ1) is 21.6. The molecule has 2 aromatic rings. The lowest BCUT2D eigenvalue weighted by molar-refractivity contribution is -0.125. The summed E-state index contributed by atoms with van der Waals surface area (Å²) >= 11 is 0. The summed E-state index contributed by atoms with van der Waals surface area (Å²) in [7, 11) is -3.58. The molecule has 8 nitrogen and oxygen atoms in total. The highest BCUT2D eigenvalue weighted by Crippen LogP contribution is 2.35. The monoisotopic (exact) mass is 445 g/mol. The van der Waals surface area contributed by atoms with Gasteiger partial charge in [0.15, 0.2) is 0 Å². The Hall–Kier alpha value is -2.65. The van der Waals surface area contributed by atoms with Gasteiger partial charge in [0.05, 0.1) is 11.2 Å². The molecule has 0 bridgehead atoms. The van der Waals surface area contributed by atoms with E-state index in [0.29, 0.717) is 37.3 Å². The first-order valence-electron chi connectivity index (χ1n) is 10.6. The molecular formula is C22H27N3O5S. The van der Waals surface area contributed by atoms with Gasteiger partial charge in [-0.25, -0.2) is 8.42 Å². The Morgan fingerprint density at radius 2 is 1.94 bits per heavy atom. The molecular weight excluding hydrogens is 418 g/mol. The van der Waals surface area contributed by atoms with E-state index in [9.17, 15) is 18.0 Å². The van der Waals surface area contributed by atoms with Crippen molar-refractivity contribution >= 4 is 27.5 Å². The summed E-state index contributed by atoms with van der Waals surface area (Å²) < 4.78 is 32.8. The van der Waals surface area contributed by atoms with Gasteiger partial charge in [-0.15, -0.1) is 0 Å². The van der Waals surface area contributed by atoms with Crippen LogP contribution in [0, 0.1) is 0 Å². The van der Waals surface area contributed by atoms with E-state index in [-0.39, 0.29) is 23.1 Å². The molecule has 1 saturated heterocycles. The lowest BCUT2D eigenvalue weighted by atomic mass is 10.1. The second-order valence-electron chi connectivity index (χ2n) is 7.98. The summed E-state index contributed by atoms with van der Waals surface area (Å²) in [4.78, 5) is 26.8. The minimum Gasteiger partial charge on any atom is -0.469 e. The van der Waals surface area contributed by atoms with Gasteiger partial charge >= 0.3 is 0 Å². The van der Waals surface area contributed by atoms with Gasteiger partial charge in [0.25, 0.3) is 0 Å². The topological polar surface area (TPSA) is 99.9 Å². The number of carbonyl (C=O) groups is 2. The van der Waals surface area contributed by atoms with E-state index in [1.165, 1.54) is 22.2 Å². The fraction of sp³-hybridized carbons (Fsp3) is 0.455. The van der Waals surface area contributed by atoms with Crippen LogP contribution < -0.4 is 10.2 Å². The Morgan fingerprint density at radius 3 is 2.61 bits per heavy atom. The molecule has 1 aromatic heterocycles. The van der Waals surface area contributed by atoms with Crippen molar-refractivity contribution in [3.05, 3.63) is 47.9 Å². The molecule has 0 unspecified atom stereocenters. The van der Waals surface area contributed by atoms with Crippen LogP contribution in [0.3, 0.4) is 0 Å². The second kappa shape index (κ2) is 8.84. The number of fused-ring (bicyclic) bond motifs is 1. The smallest absolute Gasteiger partial charge is 0.243 e. The van der Waals surface area contributed by atoms with E-state index < -0.39 is 16.1 Å². The fourth-order valence-corrected chi connectivity index (χ4v) is 5.89. The van der Waals surface area contributed by atoms with Crippen molar-refractivity contribution in [1.29, 1.82) is 0 Å². The van der Waals surface area contributed by atoms with Crippen LogP contribution in [-0.4, -0.2) is 50.2 Å². The summed E-state index contributed by atoms with van der Waals surface area (Å²) in [5.41, 5.74) is 1.29. The van der Waals surface area contributed by atoms with Crippen molar-refractivity contribution in [1.82, 2.24) is 9.62 Å². The summed E-state index contributed by atoms with van der Waals surface area (Å²) in [5.74, 6) is 0.251. The number of nitrogens with one attached hydrogen (secondary N) is 1. The third kappa shape index (κ3) is 4.38. The van der Waals surface area contributed by atoms with E-state index in [4.69, 9.17) is 4.42 Å². The molecule has 4 rings (SSSR count). The van der Waals surface area contributed by atoms with Gasteiger partial charge < -0.3 is 9.73 Å². The number of piperidine rings is 1. The number of sulfonamides is 1. The van der Waals surface area contributed by atoms with Crippen molar-refractivity contribution in [2.75, 3.05) is 24.5 Å². The number of anilines is 1. The second-order valence-corrected chi connectivity index (χ2v) is 9.92. The van der Waals surface area contributed by atoms with Crippen molar-refractivity contribution < 1.29 is 22.4 Å². The fourth-order valence-electron chi connectivity index (χ4n) is 4.32. The van der Waals surface area contributed by atoms with Crippen LogP contribution >= 0.6 is 0 Å². The molecule has 0 saturated carbocycles. The number of rotatable bonds is 6. The Kier molecular flexibility index (Phi) is 6.15. The zero-order valence-corrected chi connectivity index (χ0v) is 18.4. The molecule has 2 aliphatic heterocycles. The average Bonchev–Trinajstić information content (AvgIpc) is 3.41. The number of amides is 2. The molecule has 1 aromatic carbocycles. The minimum atomic E-state index is -3.58. The third-order valence-electron chi connectivity index (χ3n) is 5.88. The predicted molar refractivity (Wildman–Crippen MR) is 115 cm³/mol. The van der Waals surface area contributed by atoms with Gasteiger partial charge in [-0.2, -0.15) is 4.31 Å². The predicted octanol–water partition coefficient (Wildman–Crippen LogP) is 2.09. The summed E-state index contributed by atoms with van der Waals surface area (Å²) in [5, 5.41) is 2.86. The lowest BCUT2D eigenvalue weighted by Crippen LogP contribution is -2.47. The molecule has 1 fully saturated rings. The highest BCUT2D eigenvalue weighted by Gasteiger charge is 2.38. The Bertz CT molecular complexity index is 1060. The van der Waals surface area contributed by atoms with E-state index in [1.54, 1.807) is 24.5 Å². The van der Waals surface area contributed by atoms with Gasteiger partial charge in [0.1, 0.15) is 11.8 Å². The van der Waals surface area contributed by atoms with Crippen molar-refractivity contribution in [2.45, 2.75) is 50.0 Å². The third-order valence-corrected chi connectivity index (χ3v) is 7.78. The number of furan rings is 1. The Morgan fingerprint density at radius 1 is 1.16 bits per heavy atom. The largest absolute Gasteiger partial charge is 0.469 e. The maximum Gasteiger partial charge on any atom is 0.243 e. The van der Waals surface area contributed by atoms with Crippen LogP contribution in [0.25, 0.3) is 0 Å². The molecule has 2 aliphatic rings. The summed E-state index contributed by atoms with van der Waals surface area (Å²) in [6, 6.07) is 7.73. The van der Waals surface area contributed by atoms with Gasteiger partial charge in [0.2, 0.25) is 21.8 Å². The molecule has 31 heavy (non-hydrogen) atoms. The summed E-state index contributed by atoms with van der Waals surface area (Å²) in [6.45, 7) is 2.86. The van der Waals surface area contributed by atoms with Crippen LogP contribution in [0.5, 0.6) is 0 Å². The molecule has 0 radical (unpaired) electrons. The molecule has 166 valence electrons. The molecule has 2 amide bonds. The van der Waals surface area contributed by atoms with Crippen LogP contribution in [0.15, 0.2) is 45.9 Å². The van der Waals surface area contributed by atoms with Crippen LogP contribution in [0.2, 0.25) is 0 Å². The normalized spacial score (nSPS) is 19.3. The first-order chi connectivity index (χ1) is 14.9. The number of hydrogen-bond acceptors (Lipinski definition) is 5. The molecule has 9 heteroatoms. The standard InChI is InChI=1S/C22H27N3O5S/c1-16(26)25-20-8-7-19(31(28,29)24-11-3-2-4-12-24)14-17(20)15-21(25)22(27)23-10-9-18-6-5-13-30-18/h5-8,13-14,21H,2-4,9-12,15H2,1H3,(H,23,27)/t21-/m1/s1. The number of nitrogens with zero attached hydrogens (tertiary/aromatic N) is 2. The highest BCUT2D eigenvalue weighted by molar-refractivity contribution is 7.89. The number of benzene rings is 1. The zero-order valence-electron chi connectivity index (χ0n) is 17.5. The number of hydrogen-bond donors (Lipinski definition) is 1. The van der Waals surface area contributed by atoms with Crippen molar-refractivity contribution in [3.63, 3.8) is 0 Å². The first-order valence-corrected chi connectivity index (χ1v) is 12.0. The quantitative estimate of drug-likeness (QED) is 0.734. The van der Waals surface area contributed by atoms with E-state index in [1.807, 2.05) is 6.07 Å². The molecule has 1 N–H and O–H groups in total. The van der Waals surface area contributed by atoms with Crippen LogP contribution in [0.1, 0.15) is 37.5 Å². The van der Waals surface area contributed by atoms with Gasteiger partial charge in [-0.1, -0.05) is 6.42 Å². The van der Waals surface area contributed by atoms with Gasteiger partial charge in [-0.3, -0.25) is 14.5 Å². The van der Waals surface area contributed by atoms with E-state index in [0.717, 1.165) is 25.0 Å². The maximum absolute atomic E-state index is 13.0. The molecule has 0 aliphatic carbocycles. The van der Waals surface area contributed by atoms with Crippen LogP contribution in [0.4, 0.5) is 5.69 Å². The van der Waals surface area contributed by atoms with E-state index >= 15 is 0 Å². The highest BCUT2D eigenvalue weighted by atomic mass is 32.2. The summed E-state index contributed by atoms with van der Waals surface area (Å²) in [6.07, 6.45) is 5.19. The van der Waals surface area contributed by atoms with Gasteiger partial charge in [0, 0.05) is 45.1 Å². The molecule has 0 spiro atoms. The Labute approximate surface area is 182 Å².